The summed E-state index contributed by atoms with van der Waals surface area (Å²) in [5, 5.41) is 8.60. The molecule has 1 aliphatic rings. The molecule has 0 saturated carbocycles. The average Bonchev–Trinajstić information content (AvgIpc) is 2.73. The van der Waals surface area contributed by atoms with Crippen LogP contribution in [0.5, 0.6) is 5.75 Å². The van der Waals surface area contributed by atoms with E-state index >= 15 is 0 Å². The number of halogens is 1. The SMILES string of the molecule is COc1ccc(-c2ccccc2C=C2CCN(CCOCC(=O)O)CC2)cc1.Cl. The monoisotopic (exact) mass is 417 g/mol. The van der Waals surface area contributed by atoms with Crippen molar-refractivity contribution in [2.24, 2.45) is 0 Å². The van der Waals surface area contributed by atoms with Crippen LogP contribution in [0.1, 0.15) is 18.4 Å². The number of carboxylic acids is 1. The zero-order chi connectivity index (χ0) is 19.8. The van der Waals surface area contributed by atoms with Gasteiger partial charge < -0.3 is 19.5 Å². The normalized spacial score (nSPS) is 14.2. The third kappa shape index (κ3) is 6.89. The van der Waals surface area contributed by atoms with E-state index in [1.54, 1.807) is 7.11 Å². The summed E-state index contributed by atoms with van der Waals surface area (Å²) < 4.78 is 10.4. The number of methoxy groups -OCH3 is 1. The van der Waals surface area contributed by atoms with Crippen molar-refractivity contribution in [3.05, 3.63) is 59.7 Å². The van der Waals surface area contributed by atoms with Crippen LogP contribution < -0.4 is 4.74 Å². The molecule has 1 aliphatic heterocycles. The summed E-state index contributed by atoms with van der Waals surface area (Å²) in [5.41, 5.74) is 5.09. The predicted octanol–water partition coefficient (Wildman–Crippen LogP) is 4.36. The van der Waals surface area contributed by atoms with Gasteiger partial charge in [0.2, 0.25) is 0 Å². The van der Waals surface area contributed by atoms with Crippen LogP contribution in [0.15, 0.2) is 54.1 Å². The maximum absolute atomic E-state index is 10.5. The molecule has 6 heteroatoms. The number of likely N-dealkylation sites (tertiary alicyclic amines) is 1. The first-order valence-electron chi connectivity index (χ1n) is 9.60. The third-order valence-corrected chi connectivity index (χ3v) is 5.00. The lowest BCUT2D eigenvalue weighted by atomic mass is 9.95. The van der Waals surface area contributed by atoms with E-state index in [9.17, 15) is 4.79 Å². The Morgan fingerprint density at radius 2 is 1.79 bits per heavy atom. The van der Waals surface area contributed by atoms with Crippen LogP contribution in [0.3, 0.4) is 0 Å². The van der Waals surface area contributed by atoms with Crippen molar-refractivity contribution >= 4 is 24.5 Å². The lowest BCUT2D eigenvalue weighted by Crippen LogP contribution is -2.33. The molecule has 1 saturated heterocycles. The molecule has 0 bridgehead atoms. The van der Waals surface area contributed by atoms with Crippen LogP contribution >= 0.6 is 12.4 Å². The molecule has 0 aromatic heterocycles. The number of aliphatic carboxylic acids is 1. The molecule has 156 valence electrons. The molecule has 1 heterocycles. The van der Waals surface area contributed by atoms with E-state index in [1.807, 2.05) is 12.1 Å². The number of piperidine rings is 1. The van der Waals surface area contributed by atoms with E-state index in [0.29, 0.717) is 6.61 Å². The maximum atomic E-state index is 10.5. The van der Waals surface area contributed by atoms with E-state index in [4.69, 9.17) is 14.6 Å². The van der Waals surface area contributed by atoms with Gasteiger partial charge in [-0.15, -0.1) is 12.4 Å². The molecule has 29 heavy (non-hydrogen) atoms. The summed E-state index contributed by atoms with van der Waals surface area (Å²) >= 11 is 0. The van der Waals surface area contributed by atoms with E-state index in [2.05, 4.69) is 47.4 Å². The maximum Gasteiger partial charge on any atom is 0.329 e. The largest absolute Gasteiger partial charge is 0.497 e. The highest BCUT2D eigenvalue weighted by molar-refractivity contribution is 5.85. The fourth-order valence-electron chi connectivity index (χ4n) is 3.44. The molecule has 2 aromatic rings. The second-order valence-electron chi connectivity index (χ2n) is 6.91. The van der Waals surface area contributed by atoms with Crippen molar-refractivity contribution < 1.29 is 19.4 Å². The van der Waals surface area contributed by atoms with Crippen LogP contribution in [-0.4, -0.2) is 55.9 Å². The van der Waals surface area contributed by atoms with Gasteiger partial charge in [-0.25, -0.2) is 4.79 Å². The topological polar surface area (TPSA) is 59.0 Å². The number of hydrogen-bond acceptors (Lipinski definition) is 4. The van der Waals surface area contributed by atoms with Gasteiger partial charge in [-0.2, -0.15) is 0 Å². The second-order valence-corrected chi connectivity index (χ2v) is 6.91. The molecule has 0 spiro atoms. The second kappa shape index (κ2) is 11.6. The molecule has 0 amide bonds. The van der Waals surface area contributed by atoms with Gasteiger partial charge in [0.05, 0.1) is 13.7 Å². The lowest BCUT2D eigenvalue weighted by molar-refractivity contribution is -0.142. The summed E-state index contributed by atoms with van der Waals surface area (Å²) in [6.45, 7) is 2.98. The van der Waals surface area contributed by atoms with E-state index < -0.39 is 5.97 Å². The van der Waals surface area contributed by atoms with Crippen molar-refractivity contribution in [1.82, 2.24) is 4.90 Å². The molecular formula is C23H28ClNO4. The molecule has 0 aliphatic carbocycles. The number of ether oxygens (including phenoxy) is 2. The summed E-state index contributed by atoms with van der Waals surface area (Å²) in [6.07, 6.45) is 4.36. The van der Waals surface area contributed by atoms with Crippen molar-refractivity contribution in [2.45, 2.75) is 12.8 Å². The van der Waals surface area contributed by atoms with Gasteiger partial charge >= 0.3 is 5.97 Å². The fourth-order valence-corrected chi connectivity index (χ4v) is 3.44. The molecular weight excluding hydrogens is 390 g/mol. The minimum Gasteiger partial charge on any atom is -0.497 e. The highest BCUT2D eigenvalue weighted by Gasteiger charge is 2.14. The van der Waals surface area contributed by atoms with Gasteiger partial charge in [-0.3, -0.25) is 0 Å². The van der Waals surface area contributed by atoms with Gasteiger partial charge in [0, 0.05) is 19.6 Å². The molecule has 0 radical (unpaired) electrons. The smallest absolute Gasteiger partial charge is 0.329 e. The summed E-state index contributed by atoms with van der Waals surface area (Å²) in [7, 11) is 1.68. The minimum atomic E-state index is -0.917. The highest BCUT2D eigenvalue weighted by Crippen LogP contribution is 2.29. The van der Waals surface area contributed by atoms with Crippen molar-refractivity contribution in [2.75, 3.05) is 40.0 Å². The zero-order valence-corrected chi connectivity index (χ0v) is 17.5. The van der Waals surface area contributed by atoms with Gasteiger partial charge in [0.1, 0.15) is 12.4 Å². The molecule has 0 unspecified atom stereocenters. The Kier molecular flexibility index (Phi) is 9.19. The Balaban J connectivity index is 0.00000300. The Morgan fingerprint density at radius 1 is 1.10 bits per heavy atom. The minimum absolute atomic E-state index is 0. The van der Waals surface area contributed by atoms with Crippen molar-refractivity contribution in [1.29, 1.82) is 0 Å². The molecule has 3 rings (SSSR count). The fraction of sp³-hybridized carbons (Fsp3) is 0.348. The molecule has 0 atom stereocenters. The van der Waals surface area contributed by atoms with E-state index in [1.165, 1.54) is 22.3 Å². The quantitative estimate of drug-likeness (QED) is 0.646. The Morgan fingerprint density at radius 3 is 2.45 bits per heavy atom. The van der Waals surface area contributed by atoms with Gasteiger partial charge in [-0.1, -0.05) is 48.0 Å². The Hall–Kier alpha value is -2.34. The molecule has 2 aromatic carbocycles. The first-order valence-corrected chi connectivity index (χ1v) is 9.60. The van der Waals surface area contributed by atoms with Crippen LogP contribution in [0, 0.1) is 0 Å². The Bertz CT molecular complexity index is 810. The number of nitrogens with zero attached hydrogens (tertiary/aromatic N) is 1. The first kappa shape index (κ1) is 22.9. The van der Waals surface area contributed by atoms with Crippen LogP contribution in [0.4, 0.5) is 0 Å². The first-order chi connectivity index (χ1) is 13.7. The molecule has 1 fully saturated rings. The Labute approximate surface area is 178 Å². The highest BCUT2D eigenvalue weighted by atomic mass is 35.5. The van der Waals surface area contributed by atoms with E-state index in [-0.39, 0.29) is 19.0 Å². The van der Waals surface area contributed by atoms with Gasteiger partial charge in [-0.05, 0) is 41.7 Å². The third-order valence-electron chi connectivity index (χ3n) is 5.00. The molecule has 1 N–H and O–H groups in total. The van der Waals surface area contributed by atoms with Gasteiger partial charge in [0.25, 0.3) is 0 Å². The number of rotatable bonds is 8. The predicted molar refractivity (Wildman–Crippen MR) is 118 cm³/mol. The van der Waals surface area contributed by atoms with E-state index in [0.717, 1.165) is 38.2 Å². The average molecular weight is 418 g/mol. The van der Waals surface area contributed by atoms with Crippen LogP contribution in [0.25, 0.3) is 17.2 Å². The standard InChI is InChI=1S/C23H27NO4.ClH/c1-27-21-8-6-19(7-9-21)22-5-3-2-4-20(22)16-18-10-12-24(13-11-18)14-15-28-17-23(25)26;/h2-9,16H,10-15,17H2,1H3,(H,25,26);1H. The summed E-state index contributed by atoms with van der Waals surface area (Å²) in [5.74, 6) is -0.0568. The summed E-state index contributed by atoms with van der Waals surface area (Å²) in [6, 6.07) is 16.6. The summed E-state index contributed by atoms with van der Waals surface area (Å²) in [4.78, 5) is 12.8. The number of carbonyl (C=O) groups is 1. The lowest BCUT2D eigenvalue weighted by Gasteiger charge is -2.28. The van der Waals surface area contributed by atoms with Crippen LogP contribution in [0.2, 0.25) is 0 Å². The number of carboxylic acid groups (broad SMARTS) is 1. The van der Waals surface area contributed by atoms with Crippen LogP contribution in [-0.2, 0) is 9.53 Å². The van der Waals surface area contributed by atoms with Crippen molar-refractivity contribution in [3.63, 3.8) is 0 Å². The van der Waals surface area contributed by atoms with Gasteiger partial charge in [0.15, 0.2) is 0 Å². The van der Waals surface area contributed by atoms with Crippen molar-refractivity contribution in [3.8, 4) is 16.9 Å². The zero-order valence-electron chi connectivity index (χ0n) is 16.7. The number of hydrogen-bond donors (Lipinski definition) is 1. The number of benzene rings is 2. The molecule has 5 nitrogen and oxygen atoms in total.